The number of rotatable bonds is 7. The molecular weight excluding hydrogens is 743 g/mol. The minimum atomic E-state index is 0.846. The van der Waals surface area contributed by atoms with Gasteiger partial charge in [-0.05, 0) is 116 Å². The Morgan fingerprint density at radius 3 is 1.69 bits per heavy atom. The van der Waals surface area contributed by atoms with E-state index in [1.54, 1.807) is 0 Å². The molecule has 3 heteroatoms. The molecule has 10 aromatic carbocycles. The minimum absolute atomic E-state index is 0.846. The molecule has 0 aliphatic heterocycles. The number of hydrogen-bond acceptors (Lipinski definition) is 3. The Kier molecular flexibility index (Phi) is 8.17. The van der Waals surface area contributed by atoms with E-state index >= 15 is 0 Å². The van der Waals surface area contributed by atoms with Crippen LogP contribution >= 0.6 is 0 Å². The zero-order valence-corrected chi connectivity index (χ0v) is 33.1. The van der Waals surface area contributed by atoms with Gasteiger partial charge in [-0.2, -0.15) is 0 Å². The van der Waals surface area contributed by atoms with Crippen molar-refractivity contribution in [3.63, 3.8) is 0 Å². The normalized spacial score (nSPS) is 11.6. The summed E-state index contributed by atoms with van der Waals surface area (Å²) >= 11 is 0. The Bertz CT molecular complexity index is 3600. The zero-order valence-electron chi connectivity index (χ0n) is 33.1. The van der Waals surface area contributed by atoms with Crippen LogP contribution in [0.1, 0.15) is 0 Å². The second-order valence-electron chi connectivity index (χ2n) is 15.7. The molecular formula is C58H37NO2. The second-order valence-corrected chi connectivity index (χ2v) is 15.7. The number of para-hydroxylation sites is 2. The molecule has 12 rings (SSSR count). The number of anilines is 3. The van der Waals surface area contributed by atoms with Crippen LogP contribution < -0.4 is 4.90 Å². The van der Waals surface area contributed by atoms with Crippen LogP contribution in [0.3, 0.4) is 0 Å². The van der Waals surface area contributed by atoms with Crippen LogP contribution in [-0.4, -0.2) is 0 Å². The zero-order chi connectivity index (χ0) is 40.3. The largest absolute Gasteiger partial charge is 0.456 e. The van der Waals surface area contributed by atoms with Crippen molar-refractivity contribution in [2.75, 3.05) is 4.90 Å². The topological polar surface area (TPSA) is 29.5 Å². The molecule has 0 saturated carbocycles. The fraction of sp³-hybridized carbons (Fsp3) is 0. The molecule has 0 spiro atoms. The third-order valence-corrected chi connectivity index (χ3v) is 12.0. The Labute approximate surface area is 353 Å². The number of benzene rings is 10. The Morgan fingerprint density at radius 2 is 0.820 bits per heavy atom. The van der Waals surface area contributed by atoms with Crippen LogP contribution in [0.2, 0.25) is 0 Å². The van der Waals surface area contributed by atoms with Crippen molar-refractivity contribution in [2.45, 2.75) is 0 Å². The fourth-order valence-electron chi connectivity index (χ4n) is 9.00. The second kappa shape index (κ2) is 14.3. The molecule has 286 valence electrons. The summed E-state index contributed by atoms with van der Waals surface area (Å²) in [6.07, 6.45) is 0. The van der Waals surface area contributed by atoms with Gasteiger partial charge in [-0.1, -0.05) is 152 Å². The lowest BCUT2D eigenvalue weighted by molar-refractivity contribution is 0.669. The number of hydrogen-bond donors (Lipinski definition) is 0. The molecule has 0 radical (unpaired) electrons. The lowest BCUT2D eigenvalue weighted by Crippen LogP contribution is -2.10. The summed E-state index contributed by atoms with van der Waals surface area (Å²) < 4.78 is 13.0. The summed E-state index contributed by atoms with van der Waals surface area (Å²) in [6, 6.07) is 79.9. The number of furan rings is 2. The Balaban J connectivity index is 0.962. The van der Waals surface area contributed by atoms with Gasteiger partial charge in [0, 0.05) is 50.2 Å². The van der Waals surface area contributed by atoms with Crippen LogP contribution in [0.5, 0.6) is 0 Å². The van der Waals surface area contributed by atoms with Gasteiger partial charge in [0.2, 0.25) is 0 Å². The number of fused-ring (bicyclic) bond motifs is 7. The quantitative estimate of drug-likeness (QED) is 0.161. The van der Waals surface area contributed by atoms with Crippen LogP contribution in [-0.2, 0) is 0 Å². The van der Waals surface area contributed by atoms with Crippen LogP contribution in [0.25, 0.3) is 99.2 Å². The standard InChI is InChI=1S/C58H37NO2/c1-2-12-40(13-3-1)50-20-10-21-54-53-32-30-49(37-57(53)61-58(50)54)59(47-28-25-39(26-29-47)45-24-23-38-11-4-5-14-41(38)33-45)48-18-9-17-44(35-48)42-15-8-16-43(34-42)46-27-31-52-51-19-6-7-22-55(51)60-56(52)36-46/h1-37H. The molecule has 0 atom stereocenters. The first-order valence-corrected chi connectivity index (χ1v) is 20.7. The molecule has 0 amide bonds. The van der Waals surface area contributed by atoms with E-state index < -0.39 is 0 Å². The van der Waals surface area contributed by atoms with Gasteiger partial charge in [-0.15, -0.1) is 0 Å². The van der Waals surface area contributed by atoms with Crippen LogP contribution in [0.4, 0.5) is 17.1 Å². The van der Waals surface area contributed by atoms with E-state index in [-0.39, 0.29) is 0 Å². The summed E-state index contributed by atoms with van der Waals surface area (Å²) in [5.41, 5.74) is 15.7. The van der Waals surface area contributed by atoms with Crippen molar-refractivity contribution >= 4 is 71.7 Å². The highest BCUT2D eigenvalue weighted by Crippen LogP contribution is 2.42. The van der Waals surface area contributed by atoms with Crippen molar-refractivity contribution in [1.29, 1.82) is 0 Å². The van der Waals surface area contributed by atoms with E-state index in [2.05, 4.69) is 211 Å². The molecule has 0 aliphatic carbocycles. The average Bonchev–Trinajstić information content (AvgIpc) is 3.90. The van der Waals surface area contributed by atoms with Gasteiger partial charge < -0.3 is 13.7 Å². The van der Waals surface area contributed by atoms with Gasteiger partial charge in [-0.25, -0.2) is 0 Å². The fourth-order valence-corrected chi connectivity index (χ4v) is 9.00. The summed E-state index contributed by atoms with van der Waals surface area (Å²) in [4.78, 5) is 2.33. The third kappa shape index (κ3) is 6.14. The van der Waals surface area contributed by atoms with Gasteiger partial charge in [0.05, 0.1) is 0 Å². The summed E-state index contributed by atoms with van der Waals surface area (Å²) in [7, 11) is 0. The molecule has 0 bridgehead atoms. The first-order chi connectivity index (χ1) is 30.2. The van der Waals surface area contributed by atoms with E-state index in [0.717, 1.165) is 94.3 Å². The maximum atomic E-state index is 6.77. The van der Waals surface area contributed by atoms with Crippen molar-refractivity contribution in [2.24, 2.45) is 0 Å². The van der Waals surface area contributed by atoms with Crippen molar-refractivity contribution < 1.29 is 8.83 Å². The molecule has 0 unspecified atom stereocenters. The average molecular weight is 780 g/mol. The highest BCUT2D eigenvalue weighted by atomic mass is 16.3. The first kappa shape index (κ1) is 34.9. The SMILES string of the molecule is c1ccc(-c2cccc3c2oc2cc(N(c4ccc(-c5ccc6ccccc6c5)cc4)c4cccc(-c5cccc(-c6ccc7c(c6)oc6ccccc67)c5)c4)ccc23)cc1. The lowest BCUT2D eigenvalue weighted by atomic mass is 9.97. The molecule has 2 heterocycles. The van der Waals surface area contributed by atoms with E-state index in [1.165, 1.54) is 21.9 Å². The summed E-state index contributed by atoms with van der Waals surface area (Å²) in [6.45, 7) is 0. The van der Waals surface area contributed by atoms with E-state index in [9.17, 15) is 0 Å². The molecule has 61 heavy (non-hydrogen) atoms. The maximum Gasteiger partial charge on any atom is 0.143 e. The third-order valence-electron chi connectivity index (χ3n) is 12.0. The Hall–Kier alpha value is -8.14. The van der Waals surface area contributed by atoms with Crippen molar-refractivity contribution in [3.05, 3.63) is 224 Å². The molecule has 0 N–H and O–H groups in total. The minimum Gasteiger partial charge on any atom is -0.456 e. The molecule has 2 aromatic heterocycles. The summed E-state index contributed by atoms with van der Waals surface area (Å²) in [5.74, 6) is 0. The lowest BCUT2D eigenvalue weighted by Gasteiger charge is -2.26. The molecule has 3 nitrogen and oxygen atoms in total. The molecule has 0 saturated heterocycles. The highest BCUT2D eigenvalue weighted by molar-refractivity contribution is 6.10. The molecule has 0 aliphatic rings. The van der Waals surface area contributed by atoms with Gasteiger partial charge in [0.1, 0.15) is 22.3 Å². The van der Waals surface area contributed by atoms with Crippen LogP contribution in [0.15, 0.2) is 233 Å². The molecule has 0 fully saturated rings. The predicted molar refractivity (Wildman–Crippen MR) is 255 cm³/mol. The molecule has 12 aromatic rings. The van der Waals surface area contributed by atoms with Crippen molar-refractivity contribution in [1.82, 2.24) is 0 Å². The number of nitrogens with zero attached hydrogens (tertiary/aromatic N) is 1. The van der Waals surface area contributed by atoms with E-state index in [4.69, 9.17) is 8.83 Å². The van der Waals surface area contributed by atoms with Gasteiger partial charge in [0.15, 0.2) is 0 Å². The van der Waals surface area contributed by atoms with Gasteiger partial charge >= 0.3 is 0 Å². The first-order valence-electron chi connectivity index (χ1n) is 20.7. The van der Waals surface area contributed by atoms with E-state index in [1.807, 2.05) is 18.2 Å². The van der Waals surface area contributed by atoms with Crippen molar-refractivity contribution in [3.8, 4) is 44.5 Å². The van der Waals surface area contributed by atoms with E-state index in [0.29, 0.717) is 0 Å². The maximum absolute atomic E-state index is 6.77. The van der Waals surface area contributed by atoms with Gasteiger partial charge in [-0.3, -0.25) is 0 Å². The highest BCUT2D eigenvalue weighted by Gasteiger charge is 2.18. The Morgan fingerprint density at radius 1 is 0.262 bits per heavy atom. The van der Waals surface area contributed by atoms with Gasteiger partial charge in [0.25, 0.3) is 0 Å². The predicted octanol–water partition coefficient (Wildman–Crippen LogP) is 16.8. The van der Waals surface area contributed by atoms with Crippen LogP contribution in [0, 0.1) is 0 Å². The summed E-state index contributed by atoms with van der Waals surface area (Å²) in [5, 5.41) is 6.94. The monoisotopic (exact) mass is 779 g/mol. The smallest absolute Gasteiger partial charge is 0.143 e.